The van der Waals surface area contributed by atoms with Gasteiger partial charge in [-0.3, -0.25) is 9.59 Å². The molecule has 1 amide bonds. The van der Waals surface area contributed by atoms with E-state index in [9.17, 15) is 19.8 Å². The van der Waals surface area contributed by atoms with Gasteiger partial charge < -0.3 is 29.3 Å². The average Bonchev–Trinajstić information content (AvgIpc) is 3.45. The molecule has 2 aliphatic rings. The number of benzene rings is 2. The molecule has 2 fully saturated rings. The standard InChI is InChI=1S/C25H26ClNO7/c1-32-18-9-8-13(10-17(18)28)22-21(24(30)25(31)27(22)14-6-4-5-7-14)23(29)15-11-16(26)20(34-3)12-19(15)33-2/h8-12,14,22,28-29H,4-7H2,1-3H3/b23-21+. The van der Waals surface area contributed by atoms with Crippen molar-refractivity contribution in [3.8, 4) is 23.0 Å². The molecule has 0 radical (unpaired) electrons. The van der Waals surface area contributed by atoms with Crippen molar-refractivity contribution in [2.75, 3.05) is 21.3 Å². The van der Waals surface area contributed by atoms with Gasteiger partial charge in [0.15, 0.2) is 11.5 Å². The highest BCUT2D eigenvalue weighted by atomic mass is 35.5. The van der Waals surface area contributed by atoms with Crippen LogP contribution in [0.4, 0.5) is 0 Å². The van der Waals surface area contributed by atoms with Crippen molar-refractivity contribution in [2.45, 2.75) is 37.8 Å². The van der Waals surface area contributed by atoms with E-state index in [1.54, 1.807) is 12.1 Å². The number of aromatic hydroxyl groups is 1. The van der Waals surface area contributed by atoms with Gasteiger partial charge in [-0.25, -0.2) is 0 Å². The van der Waals surface area contributed by atoms with Crippen LogP contribution in [-0.2, 0) is 9.59 Å². The van der Waals surface area contributed by atoms with Crippen LogP contribution in [0.1, 0.15) is 42.9 Å². The Labute approximate surface area is 202 Å². The number of hydrogen-bond acceptors (Lipinski definition) is 7. The molecule has 8 nitrogen and oxygen atoms in total. The monoisotopic (exact) mass is 487 g/mol. The predicted molar refractivity (Wildman–Crippen MR) is 126 cm³/mol. The van der Waals surface area contributed by atoms with Gasteiger partial charge in [-0.1, -0.05) is 30.5 Å². The summed E-state index contributed by atoms with van der Waals surface area (Å²) in [6.45, 7) is 0. The third-order valence-electron chi connectivity index (χ3n) is 6.45. The van der Waals surface area contributed by atoms with Gasteiger partial charge in [0.2, 0.25) is 0 Å². The number of nitrogens with zero attached hydrogens (tertiary/aromatic N) is 1. The van der Waals surface area contributed by atoms with Gasteiger partial charge in [-0.2, -0.15) is 0 Å². The SMILES string of the molecule is COc1ccc(C2/C(=C(\O)c3cc(Cl)c(OC)cc3OC)C(=O)C(=O)N2C2CCCC2)cc1O. The highest BCUT2D eigenvalue weighted by Gasteiger charge is 2.49. The van der Waals surface area contributed by atoms with Crippen molar-refractivity contribution < 1.29 is 34.0 Å². The number of hydrogen-bond donors (Lipinski definition) is 2. The Hall–Kier alpha value is -3.39. The number of rotatable bonds is 6. The first-order chi connectivity index (χ1) is 16.3. The molecule has 1 heterocycles. The van der Waals surface area contributed by atoms with E-state index in [1.165, 1.54) is 44.4 Å². The summed E-state index contributed by atoms with van der Waals surface area (Å²) in [5.74, 6) is -1.24. The summed E-state index contributed by atoms with van der Waals surface area (Å²) in [6, 6.07) is 6.55. The quantitative estimate of drug-likeness (QED) is 0.352. The molecule has 0 spiro atoms. The first-order valence-corrected chi connectivity index (χ1v) is 11.3. The molecule has 180 valence electrons. The maximum Gasteiger partial charge on any atom is 0.295 e. The number of Topliss-reactive ketones (excluding diaryl/α,β-unsaturated/α-hetero) is 1. The fourth-order valence-corrected chi connectivity index (χ4v) is 5.04. The van der Waals surface area contributed by atoms with Crippen molar-refractivity contribution >= 4 is 29.1 Å². The molecule has 1 aliphatic heterocycles. The highest BCUT2D eigenvalue weighted by molar-refractivity contribution is 6.46. The lowest BCUT2D eigenvalue weighted by Crippen LogP contribution is -2.37. The summed E-state index contributed by atoms with van der Waals surface area (Å²) in [5.41, 5.74) is 0.533. The first kappa shape index (κ1) is 23.8. The van der Waals surface area contributed by atoms with Crippen LogP contribution in [0.15, 0.2) is 35.9 Å². The second kappa shape index (κ2) is 9.46. The molecule has 0 bridgehead atoms. The summed E-state index contributed by atoms with van der Waals surface area (Å²) in [6.07, 6.45) is 3.39. The molecule has 2 N–H and O–H groups in total. The van der Waals surface area contributed by atoms with Gasteiger partial charge >= 0.3 is 0 Å². The summed E-state index contributed by atoms with van der Waals surface area (Å²) >= 11 is 6.29. The largest absolute Gasteiger partial charge is 0.507 e. The molecule has 1 atom stereocenters. The summed E-state index contributed by atoms with van der Waals surface area (Å²) in [5, 5.41) is 22.0. The topological polar surface area (TPSA) is 106 Å². The van der Waals surface area contributed by atoms with Gasteiger partial charge in [0.1, 0.15) is 17.3 Å². The minimum atomic E-state index is -0.898. The first-order valence-electron chi connectivity index (χ1n) is 10.9. The van der Waals surface area contributed by atoms with Gasteiger partial charge in [-0.15, -0.1) is 0 Å². The van der Waals surface area contributed by atoms with Crippen molar-refractivity contribution in [1.29, 1.82) is 0 Å². The number of aliphatic hydroxyl groups excluding tert-OH is 1. The van der Waals surface area contributed by atoms with E-state index in [-0.39, 0.29) is 39.4 Å². The Morgan fingerprint density at radius 2 is 1.62 bits per heavy atom. The summed E-state index contributed by atoms with van der Waals surface area (Å²) in [7, 11) is 4.29. The van der Waals surface area contributed by atoms with Crippen molar-refractivity contribution in [1.82, 2.24) is 4.90 Å². The summed E-state index contributed by atoms with van der Waals surface area (Å²) < 4.78 is 15.8. The number of ketones is 1. The number of amides is 1. The van der Waals surface area contributed by atoms with Gasteiger partial charge in [0.05, 0.1) is 43.5 Å². The number of carbonyl (C=O) groups is 2. The van der Waals surface area contributed by atoms with Crippen LogP contribution < -0.4 is 14.2 Å². The van der Waals surface area contributed by atoms with Crippen LogP contribution in [0.25, 0.3) is 5.76 Å². The lowest BCUT2D eigenvalue weighted by atomic mass is 9.94. The van der Waals surface area contributed by atoms with Crippen LogP contribution in [-0.4, -0.2) is 54.2 Å². The van der Waals surface area contributed by atoms with Crippen molar-refractivity contribution in [2.24, 2.45) is 0 Å². The van der Waals surface area contributed by atoms with E-state index in [2.05, 4.69) is 0 Å². The third-order valence-corrected chi connectivity index (χ3v) is 6.74. The molecular formula is C25H26ClNO7. The maximum absolute atomic E-state index is 13.3. The number of halogens is 1. The Balaban J connectivity index is 1.94. The number of ether oxygens (including phenoxy) is 3. The molecular weight excluding hydrogens is 462 g/mol. The van der Waals surface area contributed by atoms with Crippen LogP contribution in [0.5, 0.6) is 23.0 Å². The Kier molecular flexibility index (Phi) is 6.61. The van der Waals surface area contributed by atoms with Crippen molar-refractivity contribution in [3.05, 3.63) is 52.1 Å². The van der Waals surface area contributed by atoms with E-state index in [0.29, 0.717) is 11.3 Å². The lowest BCUT2D eigenvalue weighted by Gasteiger charge is -2.31. The molecule has 2 aromatic rings. The van der Waals surface area contributed by atoms with E-state index >= 15 is 0 Å². The number of methoxy groups -OCH3 is 3. The van der Waals surface area contributed by atoms with E-state index in [4.69, 9.17) is 25.8 Å². The molecule has 1 saturated carbocycles. The smallest absolute Gasteiger partial charge is 0.295 e. The van der Waals surface area contributed by atoms with E-state index in [1.807, 2.05) is 0 Å². The minimum Gasteiger partial charge on any atom is -0.507 e. The minimum absolute atomic E-state index is 0.0963. The zero-order chi connectivity index (χ0) is 24.6. The molecule has 1 aliphatic carbocycles. The fourth-order valence-electron chi connectivity index (χ4n) is 4.80. The molecule has 2 aromatic carbocycles. The molecule has 9 heteroatoms. The Morgan fingerprint density at radius 1 is 0.971 bits per heavy atom. The highest BCUT2D eigenvalue weighted by Crippen LogP contribution is 2.46. The van der Waals surface area contributed by atoms with E-state index < -0.39 is 23.5 Å². The number of phenolic OH excluding ortho intramolecular Hbond substituents is 1. The van der Waals surface area contributed by atoms with E-state index in [0.717, 1.165) is 25.7 Å². The second-order valence-corrected chi connectivity index (χ2v) is 8.67. The zero-order valence-electron chi connectivity index (χ0n) is 19.1. The average molecular weight is 488 g/mol. The molecule has 34 heavy (non-hydrogen) atoms. The van der Waals surface area contributed by atoms with Crippen LogP contribution in [0.2, 0.25) is 5.02 Å². The summed E-state index contributed by atoms with van der Waals surface area (Å²) in [4.78, 5) is 28.0. The second-order valence-electron chi connectivity index (χ2n) is 8.26. The fraction of sp³-hybridized carbons (Fsp3) is 0.360. The predicted octanol–water partition coefficient (Wildman–Crippen LogP) is 4.44. The van der Waals surface area contributed by atoms with Gasteiger partial charge in [0.25, 0.3) is 11.7 Å². The molecule has 0 aromatic heterocycles. The van der Waals surface area contributed by atoms with Crippen LogP contribution in [0.3, 0.4) is 0 Å². The van der Waals surface area contributed by atoms with Crippen LogP contribution >= 0.6 is 11.6 Å². The molecule has 4 rings (SSSR count). The number of aliphatic hydroxyl groups is 1. The molecule has 1 unspecified atom stereocenters. The number of carbonyl (C=O) groups excluding carboxylic acids is 2. The van der Waals surface area contributed by atoms with Crippen LogP contribution in [0, 0.1) is 0 Å². The maximum atomic E-state index is 13.3. The number of phenols is 1. The molecule has 1 saturated heterocycles. The van der Waals surface area contributed by atoms with Gasteiger partial charge in [0, 0.05) is 12.1 Å². The zero-order valence-corrected chi connectivity index (χ0v) is 19.9. The van der Waals surface area contributed by atoms with Gasteiger partial charge in [-0.05, 0) is 36.6 Å². The Morgan fingerprint density at radius 3 is 2.21 bits per heavy atom. The lowest BCUT2D eigenvalue weighted by molar-refractivity contribution is -0.141. The Bertz CT molecular complexity index is 1170. The third kappa shape index (κ3) is 3.92. The normalized spacial score (nSPS) is 20.1. The van der Waals surface area contributed by atoms with Crippen molar-refractivity contribution in [3.63, 3.8) is 0 Å². The number of likely N-dealkylation sites (tertiary alicyclic amines) is 1.